The molecule has 0 fully saturated rings. The second kappa shape index (κ2) is 5.02. The predicted molar refractivity (Wildman–Crippen MR) is 48.4 cm³/mol. The molecule has 1 aromatic heterocycles. The fourth-order valence-corrected chi connectivity index (χ4v) is 1.07. The number of aliphatic carboxylic acids is 1. The van der Waals surface area contributed by atoms with Crippen molar-refractivity contribution in [2.24, 2.45) is 0 Å². The van der Waals surface area contributed by atoms with E-state index < -0.39 is 5.97 Å². The van der Waals surface area contributed by atoms with E-state index in [9.17, 15) is 4.79 Å². The fraction of sp³-hybridized carbons (Fsp3) is 0.444. The van der Waals surface area contributed by atoms with E-state index in [1.807, 2.05) is 6.07 Å². The molecular weight excluding hydrogens is 182 g/mol. The quantitative estimate of drug-likeness (QED) is 0.750. The van der Waals surface area contributed by atoms with Gasteiger partial charge in [-0.3, -0.25) is 9.48 Å². The molecule has 0 aliphatic rings. The zero-order valence-electron chi connectivity index (χ0n) is 7.68. The van der Waals surface area contributed by atoms with E-state index in [4.69, 9.17) is 10.4 Å². The minimum atomic E-state index is -0.810. The van der Waals surface area contributed by atoms with E-state index in [-0.39, 0.29) is 6.42 Å². The van der Waals surface area contributed by atoms with Crippen LogP contribution in [0.2, 0.25) is 0 Å². The van der Waals surface area contributed by atoms with Crippen molar-refractivity contribution < 1.29 is 9.90 Å². The molecule has 14 heavy (non-hydrogen) atoms. The number of carbonyl (C=O) groups is 1. The van der Waals surface area contributed by atoms with Crippen LogP contribution < -0.4 is 0 Å². The lowest BCUT2D eigenvalue weighted by molar-refractivity contribution is -0.136. The maximum Gasteiger partial charge on any atom is 0.303 e. The number of hydrogen-bond acceptors (Lipinski definition) is 3. The van der Waals surface area contributed by atoms with Crippen LogP contribution in [0, 0.1) is 11.3 Å². The van der Waals surface area contributed by atoms with Gasteiger partial charge in [0.2, 0.25) is 0 Å². The van der Waals surface area contributed by atoms with E-state index >= 15 is 0 Å². The summed E-state index contributed by atoms with van der Waals surface area (Å²) < 4.78 is 1.65. The Kier molecular flexibility index (Phi) is 3.68. The van der Waals surface area contributed by atoms with Crippen LogP contribution in [0.15, 0.2) is 12.4 Å². The van der Waals surface area contributed by atoms with E-state index in [1.165, 1.54) is 0 Å². The van der Waals surface area contributed by atoms with E-state index in [0.717, 1.165) is 5.56 Å². The molecule has 0 saturated heterocycles. The van der Waals surface area contributed by atoms with Gasteiger partial charge in [0.1, 0.15) is 0 Å². The molecule has 0 unspecified atom stereocenters. The normalized spacial score (nSPS) is 9.64. The van der Waals surface area contributed by atoms with Gasteiger partial charge in [-0.2, -0.15) is 10.4 Å². The Morgan fingerprint density at radius 2 is 2.50 bits per heavy atom. The molecule has 0 radical (unpaired) electrons. The van der Waals surface area contributed by atoms with Crippen molar-refractivity contribution in [1.82, 2.24) is 9.78 Å². The summed E-state index contributed by atoms with van der Waals surface area (Å²) in [6, 6.07) is 2.02. The molecule has 74 valence electrons. The third-order valence-corrected chi connectivity index (χ3v) is 1.77. The molecule has 1 rings (SSSR count). The highest BCUT2D eigenvalue weighted by Gasteiger charge is 2.01. The molecule has 0 aromatic carbocycles. The Balaban J connectivity index is 2.43. The Morgan fingerprint density at radius 1 is 1.71 bits per heavy atom. The van der Waals surface area contributed by atoms with Crippen molar-refractivity contribution in [3.05, 3.63) is 18.0 Å². The summed E-state index contributed by atoms with van der Waals surface area (Å²) in [7, 11) is 0. The maximum absolute atomic E-state index is 10.3. The molecule has 0 amide bonds. The van der Waals surface area contributed by atoms with Gasteiger partial charge < -0.3 is 5.11 Å². The van der Waals surface area contributed by atoms with Gasteiger partial charge in [0.15, 0.2) is 0 Å². The largest absolute Gasteiger partial charge is 0.481 e. The molecule has 0 saturated carbocycles. The van der Waals surface area contributed by atoms with Gasteiger partial charge in [-0.15, -0.1) is 0 Å². The average molecular weight is 193 g/mol. The van der Waals surface area contributed by atoms with Gasteiger partial charge in [-0.25, -0.2) is 0 Å². The summed E-state index contributed by atoms with van der Waals surface area (Å²) in [4.78, 5) is 10.3. The lowest BCUT2D eigenvalue weighted by Crippen LogP contribution is -1.98. The zero-order chi connectivity index (χ0) is 10.4. The molecular formula is C9H11N3O2. The van der Waals surface area contributed by atoms with Crippen LogP contribution in [-0.4, -0.2) is 20.9 Å². The van der Waals surface area contributed by atoms with Gasteiger partial charge in [0.05, 0.1) is 25.2 Å². The first kappa shape index (κ1) is 10.3. The molecule has 1 aromatic rings. The van der Waals surface area contributed by atoms with Crippen LogP contribution in [0.25, 0.3) is 0 Å². The van der Waals surface area contributed by atoms with Gasteiger partial charge in [0.25, 0.3) is 0 Å². The van der Waals surface area contributed by atoms with Crippen LogP contribution in [0.4, 0.5) is 0 Å². The highest BCUT2D eigenvalue weighted by molar-refractivity contribution is 5.67. The Bertz CT molecular complexity index is 351. The Morgan fingerprint density at radius 3 is 3.14 bits per heavy atom. The summed E-state index contributed by atoms with van der Waals surface area (Å²) in [5, 5.41) is 20.8. The maximum atomic E-state index is 10.3. The van der Waals surface area contributed by atoms with Crippen LogP contribution in [0.5, 0.6) is 0 Å². The van der Waals surface area contributed by atoms with Gasteiger partial charge in [-0.1, -0.05) is 0 Å². The first-order valence-corrected chi connectivity index (χ1v) is 4.32. The lowest BCUT2D eigenvalue weighted by atomic mass is 10.2. The predicted octanol–water partition coefficient (Wildman–Crippen LogP) is 0.814. The Labute approximate surface area is 81.6 Å². The van der Waals surface area contributed by atoms with Crippen LogP contribution >= 0.6 is 0 Å². The van der Waals surface area contributed by atoms with Gasteiger partial charge >= 0.3 is 5.97 Å². The number of rotatable bonds is 5. The first-order valence-electron chi connectivity index (χ1n) is 4.32. The Hall–Kier alpha value is -1.83. The van der Waals surface area contributed by atoms with Crippen LogP contribution in [0.3, 0.4) is 0 Å². The summed E-state index contributed by atoms with van der Waals surface area (Å²) in [6.45, 7) is 0.559. The lowest BCUT2D eigenvalue weighted by Gasteiger charge is -1.94. The van der Waals surface area contributed by atoms with Crippen molar-refractivity contribution in [2.45, 2.75) is 25.8 Å². The molecule has 0 spiro atoms. The van der Waals surface area contributed by atoms with Gasteiger partial charge in [0, 0.05) is 12.6 Å². The summed E-state index contributed by atoms with van der Waals surface area (Å²) in [5.74, 6) is -0.810. The number of carboxylic acid groups (broad SMARTS) is 1. The highest BCUT2D eigenvalue weighted by atomic mass is 16.4. The number of hydrogen-bond donors (Lipinski definition) is 1. The standard InChI is InChI=1S/C9H11N3O2/c10-4-1-5-12-7-8(6-11-12)2-3-9(13)14/h6-7H,1-3,5H2,(H,13,14). The van der Waals surface area contributed by atoms with E-state index in [1.54, 1.807) is 17.1 Å². The molecule has 1 heterocycles. The SMILES string of the molecule is N#CCCn1cc(CCC(=O)O)cn1. The first-order chi connectivity index (χ1) is 6.72. The monoisotopic (exact) mass is 193 g/mol. The minimum absolute atomic E-state index is 0.115. The fourth-order valence-electron chi connectivity index (χ4n) is 1.07. The minimum Gasteiger partial charge on any atom is -0.481 e. The van der Waals surface area contributed by atoms with Crippen LogP contribution in [0.1, 0.15) is 18.4 Å². The zero-order valence-corrected chi connectivity index (χ0v) is 7.68. The summed E-state index contributed by atoms with van der Waals surface area (Å²) >= 11 is 0. The molecule has 1 N–H and O–H groups in total. The summed E-state index contributed by atoms with van der Waals surface area (Å²) in [6.07, 6.45) is 4.44. The molecule has 0 atom stereocenters. The summed E-state index contributed by atoms with van der Waals surface area (Å²) in [5.41, 5.74) is 0.894. The van der Waals surface area contributed by atoms with Gasteiger partial charge in [-0.05, 0) is 12.0 Å². The second-order valence-corrected chi connectivity index (χ2v) is 2.91. The third kappa shape index (κ3) is 3.27. The number of nitrogens with zero attached hydrogens (tertiary/aromatic N) is 3. The third-order valence-electron chi connectivity index (χ3n) is 1.77. The van der Waals surface area contributed by atoms with E-state index in [2.05, 4.69) is 5.10 Å². The number of aromatic nitrogens is 2. The van der Waals surface area contributed by atoms with Crippen LogP contribution in [-0.2, 0) is 17.8 Å². The number of nitriles is 1. The van der Waals surface area contributed by atoms with Crippen molar-refractivity contribution in [2.75, 3.05) is 0 Å². The average Bonchev–Trinajstić information content (AvgIpc) is 2.59. The van der Waals surface area contributed by atoms with Crippen molar-refractivity contribution in [3.8, 4) is 6.07 Å². The smallest absolute Gasteiger partial charge is 0.303 e. The highest BCUT2D eigenvalue weighted by Crippen LogP contribution is 2.02. The van der Waals surface area contributed by atoms with Crippen molar-refractivity contribution in [3.63, 3.8) is 0 Å². The number of aryl methyl sites for hydroxylation is 2. The topological polar surface area (TPSA) is 78.9 Å². The molecule has 0 bridgehead atoms. The molecule has 0 aliphatic heterocycles. The molecule has 5 nitrogen and oxygen atoms in total. The van der Waals surface area contributed by atoms with Crippen molar-refractivity contribution >= 4 is 5.97 Å². The molecule has 0 aliphatic carbocycles. The second-order valence-electron chi connectivity index (χ2n) is 2.91. The van der Waals surface area contributed by atoms with Crippen molar-refractivity contribution in [1.29, 1.82) is 5.26 Å². The molecule has 5 heteroatoms. The van der Waals surface area contributed by atoms with E-state index in [0.29, 0.717) is 19.4 Å². The number of carboxylic acids is 1.